The summed E-state index contributed by atoms with van der Waals surface area (Å²) >= 11 is 2.47. The third-order valence-corrected chi connectivity index (χ3v) is 3.10. The van der Waals surface area contributed by atoms with Crippen molar-refractivity contribution < 1.29 is 0 Å². The van der Waals surface area contributed by atoms with Gasteiger partial charge in [-0.25, -0.2) is 0 Å². The first-order valence-electron chi connectivity index (χ1n) is 3.41. The van der Waals surface area contributed by atoms with Gasteiger partial charge in [0.2, 0.25) is 0 Å². The molecule has 1 nitrogen and oxygen atoms in total. The summed E-state index contributed by atoms with van der Waals surface area (Å²) in [5, 5.41) is 3.24. The topological polar surface area (TPSA) is 12.0 Å². The van der Waals surface area contributed by atoms with Gasteiger partial charge in [-0.3, -0.25) is 0 Å². The summed E-state index contributed by atoms with van der Waals surface area (Å²) < 4.78 is 0.755. The first-order chi connectivity index (χ1) is 4.09. The zero-order chi connectivity index (χ0) is 7.44. The average Bonchev–Trinajstić information content (AvgIpc) is 1.84. The lowest BCUT2D eigenvalue weighted by atomic mass is 10.0. The summed E-state index contributed by atoms with van der Waals surface area (Å²) in [6, 6.07) is 0.636. The summed E-state index contributed by atoms with van der Waals surface area (Å²) in [4.78, 5) is 0. The Bertz CT molecular complexity index is 73.3. The van der Waals surface area contributed by atoms with Crippen molar-refractivity contribution in [2.24, 2.45) is 5.92 Å². The molecule has 0 rings (SSSR count). The SMILES string of the molecule is CNC(C)C(C)C(C)I. The van der Waals surface area contributed by atoms with Crippen molar-refractivity contribution in [3.05, 3.63) is 0 Å². The summed E-state index contributed by atoms with van der Waals surface area (Å²) in [6.07, 6.45) is 0. The molecule has 0 bridgehead atoms. The van der Waals surface area contributed by atoms with Crippen LogP contribution in [0.15, 0.2) is 0 Å². The van der Waals surface area contributed by atoms with Crippen molar-refractivity contribution in [3.8, 4) is 0 Å². The molecule has 2 heteroatoms. The van der Waals surface area contributed by atoms with Gasteiger partial charge in [-0.15, -0.1) is 0 Å². The average molecular weight is 241 g/mol. The van der Waals surface area contributed by atoms with E-state index in [9.17, 15) is 0 Å². The lowest BCUT2D eigenvalue weighted by Gasteiger charge is -2.21. The van der Waals surface area contributed by atoms with Crippen molar-refractivity contribution in [1.82, 2.24) is 5.32 Å². The van der Waals surface area contributed by atoms with E-state index in [2.05, 4.69) is 48.7 Å². The molecule has 3 atom stereocenters. The molecule has 0 heterocycles. The maximum atomic E-state index is 3.24. The van der Waals surface area contributed by atoms with Crippen LogP contribution in [0.4, 0.5) is 0 Å². The number of hydrogen-bond donors (Lipinski definition) is 1. The standard InChI is InChI=1S/C7H16IN/c1-5(6(2)8)7(3)9-4/h5-7,9H,1-4H3. The van der Waals surface area contributed by atoms with Crippen LogP contribution in [0.25, 0.3) is 0 Å². The van der Waals surface area contributed by atoms with E-state index < -0.39 is 0 Å². The molecule has 0 aromatic heterocycles. The molecule has 9 heavy (non-hydrogen) atoms. The lowest BCUT2D eigenvalue weighted by molar-refractivity contribution is 0.431. The Kier molecular flexibility index (Phi) is 4.84. The molecule has 0 amide bonds. The second kappa shape index (κ2) is 4.50. The van der Waals surface area contributed by atoms with Crippen LogP contribution in [0.2, 0.25) is 0 Å². The predicted molar refractivity (Wildman–Crippen MR) is 51.2 cm³/mol. The van der Waals surface area contributed by atoms with Gasteiger partial charge >= 0.3 is 0 Å². The molecule has 0 aliphatic carbocycles. The molecular weight excluding hydrogens is 225 g/mol. The maximum absolute atomic E-state index is 3.24. The van der Waals surface area contributed by atoms with Crippen LogP contribution in [0.1, 0.15) is 20.8 Å². The zero-order valence-corrected chi connectivity index (χ0v) is 8.77. The van der Waals surface area contributed by atoms with Gasteiger partial charge in [-0.1, -0.05) is 36.4 Å². The maximum Gasteiger partial charge on any atom is 0.0122 e. The summed E-state index contributed by atoms with van der Waals surface area (Å²) in [5.41, 5.74) is 0. The molecule has 3 unspecified atom stereocenters. The fraction of sp³-hybridized carbons (Fsp3) is 1.00. The number of alkyl halides is 1. The van der Waals surface area contributed by atoms with E-state index in [-0.39, 0.29) is 0 Å². The van der Waals surface area contributed by atoms with Crippen LogP contribution in [0.5, 0.6) is 0 Å². The van der Waals surface area contributed by atoms with Crippen molar-refractivity contribution >= 4 is 22.6 Å². The minimum absolute atomic E-state index is 0.636. The predicted octanol–water partition coefficient (Wildman–Crippen LogP) is 2.05. The summed E-state index contributed by atoms with van der Waals surface area (Å²) in [7, 11) is 2.01. The van der Waals surface area contributed by atoms with Crippen molar-refractivity contribution in [2.75, 3.05) is 7.05 Å². The van der Waals surface area contributed by atoms with Gasteiger partial charge in [0.25, 0.3) is 0 Å². The van der Waals surface area contributed by atoms with Crippen LogP contribution in [-0.2, 0) is 0 Å². The minimum atomic E-state index is 0.636. The smallest absolute Gasteiger partial charge is 0.0122 e. The Morgan fingerprint density at radius 3 is 1.78 bits per heavy atom. The fourth-order valence-electron chi connectivity index (χ4n) is 0.661. The summed E-state index contributed by atoms with van der Waals surface area (Å²) in [5.74, 6) is 0.760. The largest absolute Gasteiger partial charge is 0.317 e. The Hall–Kier alpha value is 0.690. The molecule has 0 aromatic carbocycles. The van der Waals surface area contributed by atoms with Crippen molar-refractivity contribution in [3.63, 3.8) is 0 Å². The van der Waals surface area contributed by atoms with Crippen molar-refractivity contribution in [2.45, 2.75) is 30.7 Å². The van der Waals surface area contributed by atoms with Crippen molar-refractivity contribution in [1.29, 1.82) is 0 Å². The second-order valence-electron chi connectivity index (χ2n) is 2.61. The Balaban J connectivity index is 3.58. The van der Waals surface area contributed by atoms with Gasteiger partial charge in [-0.05, 0) is 19.9 Å². The Morgan fingerprint density at radius 1 is 1.22 bits per heavy atom. The molecule has 0 aromatic rings. The van der Waals surface area contributed by atoms with Crippen LogP contribution in [0.3, 0.4) is 0 Å². The van der Waals surface area contributed by atoms with Gasteiger partial charge in [0, 0.05) is 9.97 Å². The highest BCUT2D eigenvalue weighted by Crippen LogP contribution is 2.15. The molecule has 0 spiro atoms. The lowest BCUT2D eigenvalue weighted by Crippen LogP contribution is -2.32. The molecule has 0 saturated carbocycles. The molecular formula is C7H16IN. The highest BCUT2D eigenvalue weighted by Gasteiger charge is 2.13. The number of rotatable bonds is 3. The van der Waals surface area contributed by atoms with E-state index in [1.54, 1.807) is 0 Å². The van der Waals surface area contributed by atoms with E-state index in [0.29, 0.717) is 6.04 Å². The van der Waals surface area contributed by atoms with E-state index in [0.717, 1.165) is 9.84 Å². The van der Waals surface area contributed by atoms with Gasteiger partial charge in [0.15, 0.2) is 0 Å². The third-order valence-electron chi connectivity index (χ3n) is 1.97. The van der Waals surface area contributed by atoms with Crippen LogP contribution in [0, 0.1) is 5.92 Å². The van der Waals surface area contributed by atoms with E-state index in [1.165, 1.54) is 0 Å². The summed E-state index contributed by atoms with van der Waals surface area (Å²) in [6.45, 7) is 6.75. The van der Waals surface area contributed by atoms with Gasteiger partial charge in [0.05, 0.1) is 0 Å². The number of nitrogens with one attached hydrogen (secondary N) is 1. The number of hydrogen-bond acceptors (Lipinski definition) is 1. The molecule has 0 fully saturated rings. The Morgan fingerprint density at radius 2 is 1.67 bits per heavy atom. The van der Waals surface area contributed by atoms with Crippen LogP contribution >= 0.6 is 22.6 Å². The molecule has 56 valence electrons. The Labute approximate surface area is 71.7 Å². The minimum Gasteiger partial charge on any atom is -0.317 e. The van der Waals surface area contributed by atoms with Crippen LogP contribution in [-0.4, -0.2) is 17.0 Å². The first-order valence-corrected chi connectivity index (χ1v) is 4.65. The van der Waals surface area contributed by atoms with E-state index in [4.69, 9.17) is 0 Å². The molecule has 0 radical (unpaired) electrons. The highest BCUT2D eigenvalue weighted by atomic mass is 127. The van der Waals surface area contributed by atoms with E-state index in [1.807, 2.05) is 7.05 Å². The zero-order valence-electron chi connectivity index (χ0n) is 6.61. The van der Waals surface area contributed by atoms with Gasteiger partial charge in [0.1, 0.15) is 0 Å². The van der Waals surface area contributed by atoms with Crippen LogP contribution < -0.4 is 5.32 Å². The third kappa shape index (κ3) is 3.40. The monoisotopic (exact) mass is 241 g/mol. The molecule has 0 aliphatic rings. The quantitative estimate of drug-likeness (QED) is 0.589. The second-order valence-corrected chi connectivity index (χ2v) is 4.58. The molecule has 0 aliphatic heterocycles. The fourth-order valence-corrected chi connectivity index (χ4v) is 1.28. The highest BCUT2D eigenvalue weighted by molar-refractivity contribution is 14.1. The number of halogens is 1. The van der Waals surface area contributed by atoms with E-state index >= 15 is 0 Å². The first kappa shape index (κ1) is 9.69. The van der Waals surface area contributed by atoms with Gasteiger partial charge < -0.3 is 5.32 Å². The molecule has 1 N–H and O–H groups in total. The normalized spacial score (nSPS) is 21.0. The van der Waals surface area contributed by atoms with Gasteiger partial charge in [-0.2, -0.15) is 0 Å². The molecule has 0 saturated heterocycles.